The molecular formula is C26H47NS. The van der Waals surface area contributed by atoms with Gasteiger partial charge in [0.2, 0.25) is 0 Å². The molecule has 0 aromatic carbocycles. The SMILES string of the molecule is CC(CSN)C(C)(C)CC1CCC2C3CCC4CCCCC4(C)C3CCC12C. The zero-order valence-electron chi connectivity index (χ0n) is 19.4. The summed E-state index contributed by atoms with van der Waals surface area (Å²) < 4.78 is 0. The minimum atomic E-state index is 0.415. The first-order chi connectivity index (χ1) is 13.2. The van der Waals surface area contributed by atoms with Gasteiger partial charge in [0.05, 0.1) is 0 Å². The minimum Gasteiger partial charge on any atom is -0.278 e. The van der Waals surface area contributed by atoms with Crippen molar-refractivity contribution in [3.63, 3.8) is 0 Å². The van der Waals surface area contributed by atoms with Crippen LogP contribution in [0.4, 0.5) is 0 Å². The van der Waals surface area contributed by atoms with E-state index in [2.05, 4.69) is 34.6 Å². The minimum absolute atomic E-state index is 0.415. The molecule has 2 N–H and O–H groups in total. The summed E-state index contributed by atoms with van der Waals surface area (Å²) in [6.07, 6.45) is 16.7. The van der Waals surface area contributed by atoms with Crippen LogP contribution in [0.15, 0.2) is 0 Å². The number of hydrogen-bond donors (Lipinski definition) is 1. The first-order valence-corrected chi connectivity index (χ1v) is 13.6. The van der Waals surface area contributed by atoms with Gasteiger partial charge in [0.15, 0.2) is 0 Å². The molecule has 0 spiro atoms. The summed E-state index contributed by atoms with van der Waals surface area (Å²) in [5.74, 6) is 6.91. The molecule has 2 heteroatoms. The van der Waals surface area contributed by atoms with Gasteiger partial charge in [-0.15, -0.1) is 0 Å². The van der Waals surface area contributed by atoms with Crippen molar-refractivity contribution in [3.8, 4) is 0 Å². The Hall–Kier alpha value is 0.310. The molecule has 4 fully saturated rings. The highest BCUT2D eigenvalue weighted by Crippen LogP contribution is 2.68. The van der Waals surface area contributed by atoms with Crippen LogP contribution in [-0.4, -0.2) is 5.75 Å². The van der Waals surface area contributed by atoms with Crippen LogP contribution in [0.5, 0.6) is 0 Å². The summed E-state index contributed by atoms with van der Waals surface area (Å²) in [5.41, 5.74) is 1.72. The standard InChI is InChI=1S/C26H47NS/c1-18(17-28-27)24(2,3)16-20-10-12-22-21-11-9-19-8-6-7-14-25(19,4)23(21)13-15-26(20,22)5/h18-23H,6-17,27H2,1-5H3. The molecule has 4 saturated carbocycles. The number of nitrogens with two attached hydrogens (primary N) is 1. The van der Waals surface area contributed by atoms with Crippen molar-refractivity contribution >= 4 is 11.9 Å². The molecule has 28 heavy (non-hydrogen) atoms. The van der Waals surface area contributed by atoms with Crippen LogP contribution in [0.2, 0.25) is 0 Å². The molecule has 0 aromatic rings. The van der Waals surface area contributed by atoms with Crippen molar-refractivity contribution < 1.29 is 0 Å². The van der Waals surface area contributed by atoms with E-state index in [1.165, 1.54) is 57.8 Å². The van der Waals surface area contributed by atoms with Crippen molar-refractivity contribution in [2.75, 3.05) is 5.75 Å². The third-order valence-corrected chi connectivity index (χ3v) is 11.9. The van der Waals surface area contributed by atoms with E-state index in [1.807, 2.05) is 0 Å². The molecule has 162 valence electrons. The summed E-state index contributed by atoms with van der Waals surface area (Å²) in [6.45, 7) is 12.9. The largest absolute Gasteiger partial charge is 0.278 e. The van der Waals surface area contributed by atoms with Gasteiger partial charge in [-0.1, -0.05) is 59.4 Å². The topological polar surface area (TPSA) is 26.0 Å². The van der Waals surface area contributed by atoms with Crippen LogP contribution in [0.25, 0.3) is 0 Å². The van der Waals surface area contributed by atoms with Crippen LogP contribution >= 0.6 is 11.9 Å². The molecule has 1 nitrogen and oxygen atoms in total. The van der Waals surface area contributed by atoms with E-state index in [0.717, 1.165) is 35.3 Å². The highest BCUT2D eigenvalue weighted by molar-refractivity contribution is 7.97. The molecule has 4 aliphatic carbocycles. The van der Waals surface area contributed by atoms with Crippen LogP contribution in [0, 0.1) is 51.8 Å². The van der Waals surface area contributed by atoms with Crippen molar-refractivity contribution in [2.24, 2.45) is 56.9 Å². The van der Waals surface area contributed by atoms with E-state index in [9.17, 15) is 0 Å². The number of hydrogen-bond acceptors (Lipinski definition) is 2. The summed E-state index contributed by atoms with van der Waals surface area (Å²) in [7, 11) is 0. The van der Waals surface area contributed by atoms with Crippen LogP contribution < -0.4 is 5.14 Å². The fraction of sp³-hybridized carbons (Fsp3) is 1.00. The predicted molar refractivity (Wildman–Crippen MR) is 124 cm³/mol. The summed E-state index contributed by atoms with van der Waals surface area (Å²) in [4.78, 5) is 0. The fourth-order valence-electron chi connectivity index (χ4n) is 8.95. The molecule has 8 atom stereocenters. The van der Waals surface area contributed by atoms with Gasteiger partial charge in [-0.25, -0.2) is 0 Å². The van der Waals surface area contributed by atoms with Crippen molar-refractivity contribution in [1.29, 1.82) is 0 Å². The summed E-state index contributed by atoms with van der Waals surface area (Å²) in [6, 6.07) is 0. The summed E-state index contributed by atoms with van der Waals surface area (Å²) in [5, 5.41) is 5.82. The van der Waals surface area contributed by atoms with Gasteiger partial charge in [0, 0.05) is 5.75 Å². The van der Waals surface area contributed by atoms with Gasteiger partial charge >= 0.3 is 0 Å². The van der Waals surface area contributed by atoms with E-state index in [0.29, 0.717) is 22.2 Å². The molecule has 0 heterocycles. The lowest BCUT2D eigenvalue weighted by molar-refractivity contribution is -0.113. The average Bonchev–Trinajstić information content (AvgIpc) is 2.97. The predicted octanol–water partition coefficient (Wildman–Crippen LogP) is 7.69. The van der Waals surface area contributed by atoms with Gasteiger partial charge in [0.25, 0.3) is 0 Å². The van der Waals surface area contributed by atoms with Crippen LogP contribution in [0.3, 0.4) is 0 Å². The van der Waals surface area contributed by atoms with Crippen molar-refractivity contribution in [3.05, 3.63) is 0 Å². The van der Waals surface area contributed by atoms with Crippen molar-refractivity contribution in [2.45, 2.75) is 105 Å². The second-order valence-electron chi connectivity index (χ2n) is 12.6. The monoisotopic (exact) mass is 405 g/mol. The van der Waals surface area contributed by atoms with Gasteiger partial charge < -0.3 is 0 Å². The van der Waals surface area contributed by atoms with Crippen LogP contribution in [0.1, 0.15) is 105 Å². The Morgan fingerprint density at radius 3 is 2.43 bits per heavy atom. The Bertz CT molecular complexity index is 559. The van der Waals surface area contributed by atoms with E-state index in [4.69, 9.17) is 5.14 Å². The molecular weight excluding hydrogens is 358 g/mol. The van der Waals surface area contributed by atoms with E-state index in [1.54, 1.807) is 24.8 Å². The second kappa shape index (κ2) is 7.77. The van der Waals surface area contributed by atoms with Gasteiger partial charge in [-0.05, 0) is 110 Å². The lowest BCUT2D eigenvalue weighted by atomic mass is 9.44. The summed E-state index contributed by atoms with van der Waals surface area (Å²) >= 11 is 1.54. The zero-order chi connectivity index (χ0) is 20.2. The van der Waals surface area contributed by atoms with Crippen LogP contribution in [-0.2, 0) is 0 Å². The maximum absolute atomic E-state index is 5.82. The molecule has 0 aromatic heterocycles. The highest BCUT2D eigenvalue weighted by Gasteiger charge is 2.59. The smallest absolute Gasteiger partial charge is 0.0107 e. The van der Waals surface area contributed by atoms with E-state index < -0.39 is 0 Å². The lowest BCUT2D eigenvalue weighted by Gasteiger charge is -2.61. The average molecular weight is 406 g/mol. The van der Waals surface area contributed by atoms with Gasteiger partial charge in [0.1, 0.15) is 0 Å². The maximum atomic E-state index is 5.82. The molecule has 8 unspecified atom stereocenters. The molecule has 0 bridgehead atoms. The van der Waals surface area contributed by atoms with E-state index >= 15 is 0 Å². The maximum Gasteiger partial charge on any atom is 0.0107 e. The molecule has 4 aliphatic rings. The Kier molecular flexibility index (Phi) is 5.98. The van der Waals surface area contributed by atoms with E-state index in [-0.39, 0.29) is 0 Å². The highest BCUT2D eigenvalue weighted by atomic mass is 32.2. The molecule has 0 saturated heterocycles. The number of fused-ring (bicyclic) bond motifs is 5. The third kappa shape index (κ3) is 3.41. The molecule has 0 aliphatic heterocycles. The van der Waals surface area contributed by atoms with Crippen molar-refractivity contribution in [1.82, 2.24) is 0 Å². The molecule has 4 rings (SSSR count). The molecule has 0 amide bonds. The quantitative estimate of drug-likeness (QED) is 0.474. The van der Waals surface area contributed by atoms with Gasteiger partial charge in [-0.3, -0.25) is 5.14 Å². The lowest BCUT2D eigenvalue weighted by Crippen LogP contribution is -2.52. The first kappa shape index (κ1) is 21.5. The molecule has 0 radical (unpaired) electrons. The fourth-order valence-corrected chi connectivity index (χ4v) is 9.69. The van der Waals surface area contributed by atoms with Gasteiger partial charge in [-0.2, -0.15) is 0 Å². The Balaban J connectivity index is 1.51. The second-order valence-corrected chi connectivity index (χ2v) is 13.3. The normalized spacial score (nSPS) is 47.1. The number of rotatable bonds is 5. The first-order valence-electron chi connectivity index (χ1n) is 12.5. The Labute approximate surface area is 179 Å². The Morgan fingerprint density at radius 1 is 0.929 bits per heavy atom. The Morgan fingerprint density at radius 2 is 1.68 bits per heavy atom. The zero-order valence-corrected chi connectivity index (χ0v) is 20.3. The third-order valence-electron chi connectivity index (χ3n) is 11.2.